The van der Waals surface area contributed by atoms with Crippen LogP contribution in [0.1, 0.15) is 56.1 Å². The predicted octanol–water partition coefficient (Wildman–Crippen LogP) is 5.27. The Labute approximate surface area is 199 Å². The maximum absolute atomic E-state index is 13.7. The van der Waals surface area contributed by atoms with Gasteiger partial charge in [0.15, 0.2) is 11.2 Å². The van der Waals surface area contributed by atoms with Crippen molar-refractivity contribution in [3.8, 4) is 0 Å². The first-order chi connectivity index (χ1) is 16.7. The summed E-state index contributed by atoms with van der Waals surface area (Å²) in [6.07, 6.45) is 0. The molecule has 35 heavy (non-hydrogen) atoms. The van der Waals surface area contributed by atoms with Crippen molar-refractivity contribution in [2.45, 2.75) is 26.8 Å². The van der Waals surface area contributed by atoms with E-state index in [1.54, 1.807) is 36.4 Å². The number of hydrogen-bond acceptors (Lipinski definition) is 6. The molecule has 0 fully saturated rings. The van der Waals surface area contributed by atoms with Gasteiger partial charge in [-0.1, -0.05) is 0 Å². The summed E-state index contributed by atoms with van der Waals surface area (Å²) in [6.45, 7) is 5.24. The molecule has 0 saturated heterocycles. The number of rotatable bonds is 4. The van der Waals surface area contributed by atoms with Gasteiger partial charge in [-0.15, -0.1) is 0 Å². The number of carbonyl (C=O) groups is 2. The van der Waals surface area contributed by atoms with Crippen LogP contribution in [0.15, 0.2) is 69.9 Å². The zero-order chi connectivity index (χ0) is 25.0. The third-order valence-corrected chi connectivity index (χ3v) is 6.46. The van der Waals surface area contributed by atoms with Crippen molar-refractivity contribution in [2.75, 3.05) is 4.90 Å². The molecular weight excluding hydrogens is 448 g/mol. The number of nitrogens with zero attached hydrogens (tertiary/aromatic N) is 2. The minimum Gasteiger partial charge on any atom is -0.450 e. The average Bonchev–Trinajstić information content (AvgIpc) is 3.13. The second-order valence-corrected chi connectivity index (χ2v) is 8.64. The molecule has 0 saturated carbocycles. The van der Waals surface area contributed by atoms with Gasteiger partial charge < -0.3 is 4.42 Å². The molecule has 5 rings (SSSR count). The fourth-order valence-corrected chi connectivity index (χ4v) is 4.44. The molecule has 1 amide bonds. The monoisotopic (exact) mass is 468 g/mol. The van der Waals surface area contributed by atoms with Crippen molar-refractivity contribution in [1.82, 2.24) is 0 Å². The molecule has 3 aromatic carbocycles. The van der Waals surface area contributed by atoms with Gasteiger partial charge in [0.1, 0.15) is 5.58 Å². The van der Waals surface area contributed by atoms with E-state index >= 15 is 0 Å². The summed E-state index contributed by atoms with van der Waals surface area (Å²) in [6, 6.07) is 14.9. The molecule has 1 aromatic heterocycles. The number of carbonyl (C=O) groups excluding carboxylic acids is 2. The van der Waals surface area contributed by atoms with E-state index in [4.69, 9.17) is 4.42 Å². The van der Waals surface area contributed by atoms with Gasteiger partial charge in [0.2, 0.25) is 5.76 Å². The number of nitro groups is 1. The van der Waals surface area contributed by atoms with E-state index in [2.05, 4.69) is 0 Å². The molecule has 1 aliphatic rings. The van der Waals surface area contributed by atoms with E-state index in [1.165, 1.54) is 36.1 Å². The minimum atomic E-state index is -0.858. The first-order valence-electron chi connectivity index (χ1n) is 10.9. The highest BCUT2D eigenvalue weighted by Crippen LogP contribution is 2.41. The summed E-state index contributed by atoms with van der Waals surface area (Å²) in [7, 11) is 0. The fraction of sp³-hybridized carbons (Fsp3) is 0.148. The lowest BCUT2D eigenvalue weighted by Crippen LogP contribution is -2.29. The van der Waals surface area contributed by atoms with Crippen LogP contribution >= 0.6 is 0 Å². The summed E-state index contributed by atoms with van der Waals surface area (Å²) >= 11 is 0. The number of fused-ring (bicyclic) bond motifs is 2. The summed E-state index contributed by atoms with van der Waals surface area (Å²) in [5, 5.41) is 11.5. The Morgan fingerprint density at radius 3 is 2.20 bits per heavy atom. The highest BCUT2D eigenvalue weighted by atomic mass is 16.6. The lowest BCUT2D eigenvalue weighted by Gasteiger charge is -2.25. The number of aryl methyl sites for hydroxylation is 2. The summed E-state index contributed by atoms with van der Waals surface area (Å²) in [4.78, 5) is 51.2. The Morgan fingerprint density at radius 2 is 1.60 bits per heavy atom. The van der Waals surface area contributed by atoms with E-state index < -0.39 is 16.9 Å². The molecule has 0 radical (unpaired) electrons. The van der Waals surface area contributed by atoms with Gasteiger partial charge in [0, 0.05) is 23.4 Å². The van der Waals surface area contributed by atoms with E-state index in [0.29, 0.717) is 27.8 Å². The summed E-state index contributed by atoms with van der Waals surface area (Å²) < 4.78 is 6.01. The van der Waals surface area contributed by atoms with Gasteiger partial charge in [-0.25, -0.2) is 0 Å². The Bertz CT molecular complexity index is 1600. The van der Waals surface area contributed by atoms with Gasteiger partial charge in [-0.05, 0) is 86.0 Å². The largest absolute Gasteiger partial charge is 0.450 e. The predicted molar refractivity (Wildman–Crippen MR) is 130 cm³/mol. The molecule has 1 unspecified atom stereocenters. The lowest BCUT2D eigenvalue weighted by atomic mass is 9.97. The Kier molecular flexibility index (Phi) is 5.09. The second kappa shape index (κ2) is 8.02. The van der Waals surface area contributed by atoms with Crippen molar-refractivity contribution in [3.63, 3.8) is 0 Å². The molecule has 2 heterocycles. The van der Waals surface area contributed by atoms with Crippen LogP contribution in [0.2, 0.25) is 0 Å². The number of nitro benzene ring substituents is 1. The van der Waals surface area contributed by atoms with E-state index in [0.717, 1.165) is 11.1 Å². The standard InChI is InChI=1S/C27H20N2O6/c1-14-12-21-22(13-15(14)2)35-26-23(25(21)31)24(18-6-10-20(11-7-18)29(33)34)28(27(26)32)19-8-4-17(5-9-19)16(3)30/h4-13,24H,1-3H3. The van der Waals surface area contributed by atoms with Crippen molar-refractivity contribution in [3.05, 3.63) is 115 Å². The fourth-order valence-electron chi connectivity index (χ4n) is 4.44. The molecule has 4 aromatic rings. The maximum atomic E-state index is 13.7. The Morgan fingerprint density at radius 1 is 0.971 bits per heavy atom. The van der Waals surface area contributed by atoms with Crippen LogP contribution in [0, 0.1) is 24.0 Å². The van der Waals surface area contributed by atoms with Gasteiger partial charge in [0.05, 0.1) is 21.9 Å². The van der Waals surface area contributed by atoms with Crippen LogP contribution in [-0.2, 0) is 0 Å². The van der Waals surface area contributed by atoms with Crippen LogP contribution < -0.4 is 10.3 Å². The van der Waals surface area contributed by atoms with Crippen LogP contribution in [-0.4, -0.2) is 16.6 Å². The number of anilines is 1. The zero-order valence-corrected chi connectivity index (χ0v) is 19.2. The smallest absolute Gasteiger partial charge is 0.295 e. The van der Waals surface area contributed by atoms with Crippen molar-refractivity contribution in [1.29, 1.82) is 0 Å². The molecule has 0 spiro atoms. The number of amides is 1. The van der Waals surface area contributed by atoms with Gasteiger partial charge >= 0.3 is 0 Å². The zero-order valence-electron chi connectivity index (χ0n) is 19.2. The normalized spacial score (nSPS) is 14.9. The Hall–Kier alpha value is -4.59. The second-order valence-electron chi connectivity index (χ2n) is 8.64. The molecule has 174 valence electrons. The molecule has 8 nitrogen and oxygen atoms in total. The van der Waals surface area contributed by atoms with E-state index in [1.807, 2.05) is 13.8 Å². The number of benzene rings is 3. The van der Waals surface area contributed by atoms with Crippen molar-refractivity contribution < 1.29 is 18.9 Å². The number of Topliss-reactive ketones (excluding diaryl/α,β-unsaturated/α-hetero) is 1. The highest BCUT2D eigenvalue weighted by molar-refractivity contribution is 6.11. The van der Waals surface area contributed by atoms with Crippen LogP contribution in [0.3, 0.4) is 0 Å². The SMILES string of the molecule is CC(=O)c1ccc(N2C(=O)c3oc4cc(C)c(C)cc4c(=O)c3C2c2ccc([N+](=O)[O-])cc2)cc1. The molecule has 0 N–H and O–H groups in total. The van der Waals surface area contributed by atoms with Crippen LogP contribution in [0.25, 0.3) is 11.0 Å². The summed E-state index contributed by atoms with van der Waals surface area (Å²) in [5.41, 5.74) is 3.37. The highest BCUT2D eigenvalue weighted by Gasteiger charge is 2.43. The number of ketones is 1. The molecule has 1 aliphatic heterocycles. The molecular formula is C27H20N2O6. The van der Waals surface area contributed by atoms with Crippen LogP contribution in [0.5, 0.6) is 0 Å². The number of non-ortho nitro benzene ring substituents is 1. The topological polar surface area (TPSA) is 111 Å². The quantitative estimate of drug-likeness (QED) is 0.229. The minimum absolute atomic E-state index is 0.0650. The van der Waals surface area contributed by atoms with E-state index in [9.17, 15) is 24.5 Å². The maximum Gasteiger partial charge on any atom is 0.295 e. The first-order valence-corrected chi connectivity index (χ1v) is 10.9. The summed E-state index contributed by atoms with van der Waals surface area (Å²) in [5.74, 6) is -0.686. The molecule has 0 aliphatic carbocycles. The Balaban J connectivity index is 1.77. The van der Waals surface area contributed by atoms with Crippen LogP contribution in [0.4, 0.5) is 11.4 Å². The first kappa shape index (κ1) is 22.2. The van der Waals surface area contributed by atoms with Crippen molar-refractivity contribution >= 4 is 34.0 Å². The van der Waals surface area contributed by atoms with Gasteiger partial charge in [0.25, 0.3) is 11.6 Å². The molecule has 8 heteroatoms. The molecule has 0 bridgehead atoms. The number of hydrogen-bond donors (Lipinski definition) is 0. The van der Waals surface area contributed by atoms with Gasteiger partial charge in [-0.2, -0.15) is 0 Å². The van der Waals surface area contributed by atoms with Gasteiger partial charge in [-0.3, -0.25) is 29.4 Å². The lowest BCUT2D eigenvalue weighted by molar-refractivity contribution is -0.384. The van der Waals surface area contributed by atoms with E-state index in [-0.39, 0.29) is 28.2 Å². The molecule has 1 atom stereocenters. The third kappa shape index (κ3) is 3.50. The average molecular weight is 468 g/mol. The third-order valence-electron chi connectivity index (χ3n) is 6.46. The van der Waals surface area contributed by atoms with Crippen molar-refractivity contribution in [2.24, 2.45) is 0 Å².